The number of fused-ring (bicyclic) bond motifs is 1. The van der Waals surface area contributed by atoms with Crippen molar-refractivity contribution in [1.29, 1.82) is 0 Å². The third kappa shape index (κ3) is 4.17. The molecular formula is C22H22N2O5S3. The van der Waals surface area contributed by atoms with Gasteiger partial charge in [-0.15, -0.1) is 11.3 Å². The maximum absolute atomic E-state index is 13.5. The zero-order valence-electron chi connectivity index (χ0n) is 17.0. The Labute approximate surface area is 191 Å². The van der Waals surface area contributed by atoms with Gasteiger partial charge in [0, 0.05) is 4.88 Å². The van der Waals surface area contributed by atoms with Crippen molar-refractivity contribution in [2.75, 3.05) is 4.72 Å². The molecule has 0 bridgehead atoms. The highest BCUT2D eigenvalue weighted by Crippen LogP contribution is 2.46. The molecule has 1 heterocycles. The Bertz CT molecular complexity index is 1350. The van der Waals surface area contributed by atoms with Crippen molar-refractivity contribution < 1.29 is 21.6 Å². The van der Waals surface area contributed by atoms with E-state index in [2.05, 4.69) is 4.72 Å². The van der Waals surface area contributed by atoms with Crippen LogP contribution in [-0.2, 0) is 26.3 Å². The minimum atomic E-state index is -3.98. The maximum Gasteiger partial charge on any atom is 0.262 e. The summed E-state index contributed by atoms with van der Waals surface area (Å²) in [6.45, 7) is 0. The summed E-state index contributed by atoms with van der Waals surface area (Å²) in [4.78, 5) is 13.4. The highest BCUT2D eigenvalue weighted by atomic mass is 32.2. The van der Waals surface area contributed by atoms with Gasteiger partial charge in [-0.25, -0.2) is 16.8 Å². The zero-order chi connectivity index (χ0) is 22.9. The van der Waals surface area contributed by atoms with Crippen LogP contribution < -0.4 is 10.5 Å². The zero-order valence-corrected chi connectivity index (χ0v) is 19.5. The van der Waals surface area contributed by atoms with Gasteiger partial charge in [-0.05, 0) is 49.1 Å². The number of benzene rings is 2. The van der Waals surface area contributed by atoms with Gasteiger partial charge in [0.25, 0.3) is 15.9 Å². The molecule has 0 spiro atoms. The third-order valence-electron chi connectivity index (χ3n) is 5.44. The predicted molar refractivity (Wildman–Crippen MR) is 124 cm³/mol. The van der Waals surface area contributed by atoms with Gasteiger partial charge in [-0.1, -0.05) is 42.8 Å². The molecule has 3 aromatic rings. The molecule has 10 heteroatoms. The van der Waals surface area contributed by atoms with E-state index < -0.39 is 31.0 Å². The molecule has 2 aromatic carbocycles. The second-order valence-corrected chi connectivity index (χ2v) is 12.4. The number of sulfone groups is 1. The molecule has 0 aliphatic heterocycles. The van der Waals surface area contributed by atoms with Crippen molar-refractivity contribution in [2.24, 2.45) is 5.73 Å². The molecule has 0 saturated heterocycles. The van der Waals surface area contributed by atoms with Crippen LogP contribution >= 0.6 is 11.3 Å². The number of amides is 1. The average Bonchev–Trinajstić information content (AvgIpc) is 2.98. The molecule has 1 aliphatic carbocycles. The van der Waals surface area contributed by atoms with Gasteiger partial charge in [0.05, 0.1) is 20.6 Å². The van der Waals surface area contributed by atoms with Crippen LogP contribution in [0.1, 0.15) is 45.3 Å². The number of primary amides is 1. The number of thiophene rings is 1. The van der Waals surface area contributed by atoms with E-state index in [1.165, 1.54) is 24.3 Å². The fourth-order valence-corrected chi connectivity index (χ4v) is 8.58. The van der Waals surface area contributed by atoms with E-state index in [0.717, 1.165) is 17.8 Å². The van der Waals surface area contributed by atoms with Crippen LogP contribution in [0.15, 0.2) is 70.5 Å². The van der Waals surface area contributed by atoms with E-state index in [1.54, 1.807) is 36.4 Å². The highest BCUT2D eigenvalue weighted by Gasteiger charge is 2.38. The molecule has 1 unspecified atom stereocenters. The fraction of sp³-hybridized carbons (Fsp3) is 0.227. The Morgan fingerprint density at radius 1 is 0.906 bits per heavy atom. The summed E-state index contributed by atoms with van der Waals surface area (Å²) in [5, 5.41) is -0.919. The quantitative estimate of drug-likeness (QED) is 0.508. The van der Waals surface area contributed by atoms with Crippen molar-refractivity contribution in [2.45, 2.75) is 40.7 Å². The number of nitrogens with one attached hydrogen (secondary N) is 1. The van der Waals surface area contributed by atoms with Gasteiger partial charge in [0.1, 0.15) is 5.00 Å². The van der Waals surface area contributed by atoms with Crippen molar-refractivity contribution in [1.82, 2.24) is 0 Å². The SMILES string of the molecule is NC(=O)c1c(NS(=O)(=O)c2ccccc2)sc2c1C(S(=O)(=O)c1ccccc1)CCCC2. The summed E-state index contributed by atoms with van der Waals surface area (Å²) in [5.41, 5.74) is 5.94. The lowest BCUT2D eigenvalue weighted by atomic mass is 10.0. The number of aryl methyl sites for hydroxylation is 1. The minimum Gasteiger partial charge on any atom is -0.365 e. The predicted octanol–water partition coefficient (Wildman–Crippen LogP) is 3.89. The molecule has 4 rings (SSSR count). The molecule has 168 valence electrons. The average molecular weight is 491 g/mol. The summed E-state index contributed by atoms with van der Waals surface area (Å²) < 4.78 is 55.2. The lowest BCUT2D eigenvalue weighted by Gasteiger charge is -2.18. The maximum atomic E-state index is 13.5. The van der Waals surface area contributed by atoms with Crippen molar-refractivity contribution in [3.63, 3.8) is 0 Å². The summed E-state index contributed by atoms with van der Waals surface area (Å²) in [7, 11) is -7.80. The summed E-state index contributed by atoms with van der Waals surface area (Å²) in [6, 6.07) is 15.8. The van der Waals surface area contributed by atoms with Gasteiger partial charge >= 0.3 is 0 Å². The van der Waals surface area contributed by atoms with Crippen molar-refractivity contribution in [3.8, 4) is 0 Å². The fourth-order valence-electron chi connectivity index (χ4n) is 3.96. The number of rotatable bonds is 6. The molecule has 3 N–H and O–H groups in total. The molecule has 1 aliphatic rings. The van der Waals surface area contributed by atoms with Gasteiger partial charge < -0.3 is 5.73 Å². The van der Waals surface area contributed by atoms with Gasteiger partial charge in [-0.3, -0.25) is 9.52 Å². The van der Waals surface area contributed by atoms with E-state index in [4.69, 9.17) is 5.73 Å². The van der Waals surface area contributed by atoms with Gasteiger partial charge in [0.15, 0.2) is 9.84 Å². The molecule has 1 aromatic heterocycles. The molecule has 7 nitrogen and oxygen atoms in total. The van der Waals surface area contributed by atoms with E-state index in [9.17, 15) is 21.6 Å². The third-order valence-corrected chi connectivity index (χ3v) is 10.3. The Morgan fingerprint density at radius 3 is 2.09 bits per heavy atom. The van der Waals surface area contributed by atoms with E-state index in [-0.39, 0.29) is 20.4 Å². The minimum absolute atomic E-state index is 0.0347. The summed E-state index contributed by atoms with van der Waals surface area (Å²) in [5.74, 6) is -0.858. The van der Waals surface area contributed by atoms with E-state index in [0.29, 0.717) is 29.7 Å². The number of carbonyl (C=O) groups excluding carboxylic acids is 1. The van der Waals surface area contributed by atoms with Crippen LogP contribution in [-0.4, -0.2) is 22.7 Å². The lowest BCUT2D eigenvalue weighted by molar-refractivity contribution is 0.100. The molecule has 0 saturated carbocycles. The Morgan fingerprint density at radius 2 is 1.50 bits per heavy atom. The van der Waals surface area contributed by atoms with Gasteiger partial charge in [-0.2, -0.15) is 0 Å². The number of sulfonamides is 1. The normalized spacial score (nSPS) is 16.7. The second kappa shape index (κ2) is 8.68. The van der Waals surface area contributed by atoms with Crippen LogP contribution in [0.25, 0.3) is 0 Å². The first-order valence-corrected chi connectivity index (χ1v) is 13.9. The van der Waals surface area contributed by atoms with Crippen LogP contribution in [0, 0.1) is 0 Å². The number of hydrogen-bond donors (Lipinski definition) is 2. The Kier molecular flexibility index (Phi) is 6.11. The summed E-state index contributed by atoms with van der Waals surface area (Å²) in [6.07, 6.45) is 2.28. The lowest BCUT2D eigenvalue weighted by Crippen LogP contribution is -2.21. The first-order chi connectivity index (χ1) is 15.2. The van der Waals surface area contributed by atoms with Crippen molar-refractivity contribution >= 4 is 42.1 Å². The van der Waals surface area contributed by atoms with E-state index >= 15 is 0 Å². The molecule has 0 radical (unpaired) electrons. The molecule has 0 fully saturated rings. The first-order valence-electron chi connectivity index (χ1n) is 10.0. The molecular weight excluding hydrogens is 468 g/mol. The molecule has 1 amide bonds. The first kappa shape index (κ1) is 22.5. The van der Waals surface area contributed by atoms with Crippen LogP contribution in [0.2, 0.25) is 0 Å². The second-order valence-electron chi connectivity index (χ2n) is 7.52. The van der Waals surface area contributed by atoms with Crippen LogP contribution in [0.3, 0.4) is 0 Å². The largest absolute Gasteiger partial charge is 0.365 e. The summed E-state index contributed by atoms with van der Waals surface area (Å²) >= 11 is 1.08. The van der Waals surface area contributed by atoms with Gasteiger partial charge in [0.2, 0.25) is 0 Å². The molecule has 32 heavy (non-hydrogen) atoms. The van der Waals surface area contributed by atoms with E-state index in [1.807, 2.05) is 0 Å². The monoisotopic (exact) mass is 490 g/mol. The number of nitrogens with two attached hydrogens (primary N) is 1. The topological polar surface area (TPSA) is 123 Å². The van der Waals surface area contributed by atoms with Crippen molar-refractivity contribution in [3.05, 3.63) is 76.7 Å². The van der Waals surface area contributed by atoms with Crippen LogP contribution in [0.4, 0.5) is 5.00 Å². The number of carbonyl (C=O) groups is 1. The number of hydrogen-bond acceptors (Lipinski definition) is 6. The standard InChI is InChI=1S/C22H22N2O5S3/c23-21(25)20-19-17(30-22(20)24-32(28,29)16-11-5-2-6-12-16)13-7-8-14-18(19)31(26,27)15-9-3-1-4-10-15/h1-6,9-12,18,24H,7-8,13-14H2,(H2,23,25). The molecule has 1 atom stereocenters. The highest BCUT2D eigenvalue weighted by molar-refractivity contribution is 7.93. The number of anilines is 1. The smallest absolute Gasteiger partial charge is 0.262 e. The Balaban J connectivity index is 1.86. The van der Waals surface area contributed by atoms with Crippen LogP contribution in [0.5, 0.6) is 0 Å². The Hall–Kier alpha value is -2.69.